The smallest absolute Gasteiger partial charge is 0.254 e. The summed E-state index contributed by atoms with van der Waals surface area (Å²) in [6, 6.07) is 8.01. The van der Waals surface area contributed by atoms with Crippen LogP contribution in [0.3, 0.4) is 0 Å². The maximum atomic E-state index is 12.8. The van der Waals surface area contributed by atoms with Gasteiger partial charge in [-0.25, -0.2) is 0 Å². The summed E-state index contributed by atoms with van der Waals surface area (Å²) in [5.74, 6) is -0.614. The van der Waals surface area contributed by atoms with Crippen LogP contribution in [0.5, 0.6) is 0 Å². The number of hydrogen-bond donors (Lipinski definition) is 1. The van der Waals surface area contributed by atoms with Crippen molar-refractivity contribution in [1.29, 1.82) is 0 Å². The summed E-state index contributed by atoms with van der Waals surface area (Å²) in [4.78, 5) is 37.7. The van der Waals surface area contributed by atoms with Gasteiger partial charge in [-0.2, -0.15) is 0 Å². The van der Waals surface area contributed by atoms with Crippen LogP contribution >= 0.6 is 0 Å². The first-order chi connectivity index (χ1) is 11.5. The average molecular weight is 328 g/mol. The normalized spacial score (nSPS) is 20.9. The molecule has 0 aromatic heterocycles. The highest BCUT2D eigenvalue weighted by Crippen LogP contribution is 2.28. The average Bonchev–Trinajstić information content (AvgIpc) is 2.80. The zero-order valence-corrected chi connectivity index (χ0v) is 14.2. The van der Waals surface area contributed by atoms with Crippen LogP contribution < -0.4 is 5.32 Å². The molecule has 3 rings (SSSR count). The predicted molar refractivity (Wildman–Crippen MR) is 90.3 cm³/mol. The minimum absolute atomic E-state index is 0.0787. The van der Waals surface area contributed by atoms with Crippen LogP contribution in [0.1, 0.15) is 55.5 Å². The predicted octanol–water partition coefficient (Wildman–Crippen LogP) is 2.29. The van der Waals surface area contributed by atoms with E-state index in [1.165, 1.54) is 6.42 Å². The van der Waals surface area contributed by atoms with E-state index in [1.807, 2.05) is 29.2 Å². The second-order valence-electron chi connectivity index (χ2n) is 7.11. The maximum absolute atomic E-state index is 12.8. The van der Waals surface area contributed by atoms with Gasteiger partial charge in [0.15, 0.2) is 0 Å². The number of carbonyl (C=O) groups is 3. The molecule has 0 unspecified atom stereocenters. The summed E-state index contributed by atoms with van der Waals surface area (Å²) in [5, 5.41) is 2.33. The van der Waals surface area contributed by atoms with Gasteiger partial charge in [0.2, 0.25) is 11.8 Å². The van der Waals surface area contributed by atoms with Crippen molar-refractivity contribution in [3.63, 3.8) is 0 Å². The topological polar surface area (TPSA) is 66.5 Å². The number of nitrogens with zero attached hydrogens (tertiary/aromatic N) is 1. The second kappa shape index (κ2) is 6.75. The van der Waals surface area contributed by atoms with E-state index in [1.54, 1.807) is 0 Å². The molecule has 1 aromatic rings. The highest BCUT2D eigenvalue weighted by Gasteiger charge is 2.32. The molecule has 0 spiro atoms. The molecule has 5 heteroatoms. The Balaban J connectivity index is 1.68. The summed E-state index contributed by atoms with van der Waals surface area (Å²) >= 11 is 0. The Morgan fingerprint density at radius 1 is 1.21 bits per heavy atom. The molecule has 24 heavy (non-hydrogen) atoms. The molecule has 1 aliphatic heterocycles. The lowest BCUT2D eigenvalue weighted by Crippen LogP contribution is -2.48. The minimum Gasteiger partial charge on any atom is -0.333 e. The van der Waals surface area contributed by atoms with Crippen LogP contribution in [-0.2, 0) is 16.0 Å². The van der Waals surface area contributed by atoms with Crippen molar-refractivity contribution in [2.45, 2.75) is 58.0 Å². The number of nitrogens with one attached hydrogen (secondary N) is 1. The van der Waals surface area contributed by atoms with Crippen molar-refractivity contribution in [3.8, 4) is 0 Å². The largest absolute Gasteiger partial charge is 0.333 e. The Labute approximate surface area is 142 Å². The first-order valence-corrected chi connectivity index (χ1v) is 8.71. The molecule has 0 bridgehead atoms. The minimum atomic E-state index is -0.291. The molecule has 1 aliphatic carbocycles. The monoisotopic (exact) mass is 328 g/mol. The van der Waals surface area contributed by atoms with E-state index in [4.69, 9.17) is 0 Å². The lowest BCUT2D eigenvalue weighted by Gasteiger charge is -2.40. The SMILES string of the molecule is CC(C)N(C(=O)c1ccc(C[C@H]2CC(=O)NC2=O)cc1)C1CCC1. The third-order valence-corrected chi connectivity index (χ3v) is 5.01. The number of rotatable bonds is 5. The fourth-order valence-electron chi connectivity index (χ4n) is 3.48. The van der Waals surface area contributed by atoms with E-state index in [9.17, 15) is 14.4 Å². The number of imide groups is 1. The van der Waals surface area contributed by atoms with Gasteiger partial charge in [-0.1, -0.05) is 12.1 Å². The van der Waals surface area contributed by atoms with Crippen molar-refractivity contribution in [1.82, 2.24) is 10.2 Å². The van der Waals surface area contributed by atoms with Gasteiger partial charge >= 0.3 is 0 Å². The summed E-state index contributed by atoms with van der Waals surface area (Å²) < 4.78 is 0. The lowest BCUT2D eigenvalue weighted by molar-refractivity contribution is -0.125. The summed E-state index contributed by atoms with van der Waals surface area (Å²) in [5.41, 5.74) is 1.66. The third-order valence-electron chi connectivity index (χ3n) is 5.01. The van der Waals surface area contributed by atoms with Gasteiger partial charge < -0.3 is 4.90 Å². The van der Waals surface area contributed by atoms with Crippen molar-refractivity contribution in [2.75, 3.05) is 0 Å². The third kappa shape index (κ3) is 3.35. The fraction of sp³-hybridized carbons (Fsp3) is 0.526. The van der Waals surface area contributed by atoms with Crippen LogP contribution in [0.15, 0.2) is 24.3 Å². The summed E-state index contributed by atoms with van der Waals surface area (Å²) in [6.07, 6.45) is 4.16. The number of carbonyl (C=O) groups excluding carboxylic acids is 3. The van der Waals surface area contributed by atoms with Crippen LogP contribution in [0.2, 0.25) is 0 Å². The van der Waals surface area contributed by atoms with Gasteiger partial charge in [-0.15, -0.1) is 0 Å². The van der Waals surface area contributed by atoms with Gasteiger partial charge in [-0.3, -0.25) is 19.7 Å². The second-order valence-corrected chi connectivity index (χ2v) is 7.11. The Morgan fingerprint density at radius 2 is 1.88 bits per heavy atom. The van der Waals surface area contributed by atoms with Gasteiger partial charge in [0.1, 0.15) is 0 Å². The van der Waals surface area contributed by atoms with Gasteiger partial charge in [-0.05, 0) is 57.2 Å². The molecule has 0 radical (unpaired) electrons. The first-order valence-electron chi connectivity index (χ1n) is 8.71. The van der Waals surface area contributed by atoms with Crippen LogP contribution in [0, 0.1) is 5.92 Å². The Kier molecular flexibility index (Phi) is 4.69. The maximum Gasteiger partial charge on any atom is 0.254 e. The zero-order chi connectivity index (χ0) is 17.3. The van der Waals surface area contributed by atoms with E-state index in [-0.39, 0.29) is 36.1 Å². The van der Waals surface area contributed by atoms with E-state index in [2.05, 4.69) is 19.2 Å². The number of hydrogen-bond acceptors (Lipinski definition) is 3. The zero-order valence-electron chi connectivity index (χ0n) is 14.2. The summed E-state index contributed by atoms with van der Waals surface area (Å²) in [6.45, 7) is 4.11. The highest BCUT2D eigenvalue weighted by molar-refractivity contribution is 6.03. The van der Waals surface area contributed by atoms with Crippen molar-refractivity contribution >= 4 is 17.7 Å². The molecule has 1 saturated heterocycles. The van der Waals surface area contributed by atoms with E-state index < -0.39 is 0 Å². The Hall–Kier alpha value is -2.17. The molecule has 1 N–H and O–H groups in total. The quantitative estimate of drug-likeness (QED) is 0.843. The highest BCUT2D eigenvalue weighted by atomic mass is 16.2. The lowest BCUT2D eigenvalue weighted by atomic mass is 9.90. The molecule has 5 nitrogen and oxygen atoms in total. The van der Waals surface area contributed by atoms with Crippen LogP contribution in [0.4, 0.5) is 0 Å². The molecule has 1 heterocycles. The fourth-order valence-corrected chi connectivity index (χ4v) is 3.48. The van der Waals surface area contributed by atoms with Gasteiger partial charge in [0.05, 0.1) is 5.92 Å². The summed E-state index contributed by atoms with van der Waals surface area (Å²) in [7, 11) is 0. The number of benzene rings is 1. The number of amides is 3. The van der Waals surface area contributed by atoms with E-state index in [0.717, 1.165) is 18.4 Å². The molecule has 128 valence electrons. The van der Waals surface area contributed by atoms with Crippen molar-refractivity contribution in [3.05, 3.63) is 35.4 Å². The van der Waals surface area contributed by atoms with E-state index >= 15 is 0 Å². The van der Waals surface area contributed by atoms with Gasteiger partial charge in [0, 0.05) is 24.1 Å². The first kappa shape index (κ1) is 16.7. The standard InChI is InChI=1S/C19H24N2O3/c1-12(2)21(16-4-3-5-16)19(24)14-8-6-13(7-9-14)10-15-11-17(22)20-18(15)23/h6-9,12,15-16H,3-5,10-11H2,1-2H3,(H,20,22,23)/t15-/m0/s1. The van der Waals surface area contributed by atoms with Crippen LogP contribution in [0.25, 0.3) is 0 Å². The van der Waals surface area contributed by atoms with Crippen LogP contribution in [-0.4, -0.2) is 34.7 Å². The van der Waals surface area contributed by atoms with Gasteiger partial charge in [0.25, 0.3) is 5.91 Å². The molecule has 2 fully saturated rings. The molecule has 3 amide bonds. The van der Waals surface area contributed by atoms with Crippen molar-refractivity contribution < 1.29 is 14.4 Å². The Morgan fingerprint density at radius 3 is 2.33 bits per heavy atom. The molecule has 1 atom stereocenters. The molecular weight excluding hydrogens is 304 g/mol. The van der Waals surface area contributed by atoms with E-state index in [0.29, 0.717) is 18.0 Å². The Bertz CT molecular complexity index is 647. The molecule has 1 aromatic carbocycles. The molecular formula is C19H24N2O3. The molecule has 1 saturated carbocycles. The van der Waals surface area contributed by atoms with Crippen molar-refractivity contribution in [2.24, 2.45) is 5.92 Å². The molecule has 2 aliphatic rings.